The Labute approximate surface area is 187 Å². The Morgan fingerprint density at radius 3 is 2.72 bits per heavy atom. The van der Waals surface area contributed by atoms with Gasteiger partial charge in [-0.3, -0.25) is 9.59 Å². The lowest BCUT2D eigenvalue weighted by molar-refractivity contribution is -0.143. The largest absolute Gasteiger partial charge is 0.458 e. The lowest BCUT2D eigenvalue weighted by Crippen LogP contribution is -2.54. The number of carbonyl (C=O) groups excluding carboxylic acids is 2. The number of aromatic nitrogens is 4. The molecule has 3 heterocycles. The second-order valence-electron chi connectivity index (χ2n) is 8.65. The lowest BCUT2D eigenvalue weighted by Gasteiger charge is -2.32. The summed E-state index contributed by atoms with van der Waals surface area (Å²) >= 11 is 0. The molecule has 32 heavy (non-hydrogen) atoms. The molecule has 2 aliphatic rings. The summed E-state index contributed by atoms with van der Waals surface area (Å²) in [5, 5.41) is 15.4. The van der Waals surface area contributed by atoms with Gasteiger partial charge in [0.05, 0.1) is 6.10 Å². The van der Waals surface area contributed by atoms with E-state index in [0.717, 1.165) is 44.3 Å². The molecule has 2 atom stereocenters. The van der Waals surface area contributed by atoms with Crippen molar-refractivity contribution >= 4 is 11.8 Å². The zero-order chi connectivity index (χ0) is 22.5. The molecule has 4 rings (SSSR count). The maximum atomic E-state index is 13.3. The topological polar surface area (TPSA) is 115 Å². The predicted octanol–water partition coefficient (Wildman–Crippen LogP) is 2.09. The first-order valence-corrected chi connectivity index (χ1v) is 11.6. The molecule has 10 heteroatoms. The minimum absolute atomic E-state index is 0.0577. The number of rotatable bonds is 9. The van der Waals surface area contributed by atoms with Crippen LogP contribution >= 0.6 is 0 Å². The van der Waals surface area contributed by atoms with E-state index in [1.54, 1.807) is 11.0 Å². The molecule has 1 aliphatic carbocycles. The molecule has 0 aromatic carbocycles. The van der Waals surface area contributed by atoms with Gasteiger partial charge in [-0.15, -0.1) is 10.2 Å². The van der Waals surface area contributed by atoms with Gasteiger partial charge in [0.1, 0.15) is 18.3 Å². The average molecular weight is 445 g/mol. The van der Waals surface area contributed by atoms with Crippen molar-refractivity contribution in [3.05, 3.63) is 17.9 Å². The lowest BCUT2D eigenvalue weighted by atomic mass is 10.1. The zero-order valence-corrected chi connectivity index (χ0v) is 18.8. The summed E-state index contributed by atoms with van der Waals surface area (Å²) < 4.78 is 11.3. The molecule has 0 spiro atoms. The van der Waals surface area contributed by atoms with E-state index in [0.29, 0.717) is 31.2 Å². The Hall–Kier alpha value is -2.75. The summed E-state index contributed by atoms with van der Waals surface area (Å²) in [7, 11) is 0. The third kappa shape index (κ3) is 5.35. The Morgan fingerprint density at radius 2 is 2.06 bits per heavy atom. The molecule has 2 amide bonds. The fraction of sp³-hybridized carbons (Fsp3) is 0.682. The van der Waals surface area contributed by atoms with Gasteiger partial charge in [-0.1, -0.05) is 19.8 Å². The molecule has 2 aromatic heterocycles. The number of carbonyl (C=O) groups is 2. The minimum Gasteiger partial charge on any atom is -0.458 e. The highest BCUT2D eigenvalue weighted by molar-refractivity contribution is 5.87. The van der Waals surface area contributed by atoms with Gasteiger partial charge in [0.25, 0.3) is 0 Å². The third-order valence-corrected chi connectivity index (χ3v) is 6.20. The maximum Gasteiger partial charge on any atom is 0.247 e. The van der Waals surface area contributed by atoms with E-state index < -0.39 is 6.04 Å². The molecule has 2 aromatic rings. The molecule has 10 nitrogen and oxygen atoms in total. The summed E-state index contributed by atoms with van der Waals surface area (Å²) in [6, 6.07) is 3.23. The summed E-state index contributed by atoms with van der Waals surface area (Å²) in [6.07, 6.45) is 6.59. The van der Waals surface area contributed by atoms with Gasteiger partial charge in [-0.25, -0.2) is 0 Å². The van der Waals surface area contributed by atoms with Crippen LogP contribution in [0.25, 0.3) is 11.6 Å². The molecular weight excluding hydrogens is 412 g/mol. The number of hydrogen-bond donors (Lipinski definition) is 1. The van der Waals surface area contributed by atoms with E-state index in [1.807, 2.05) is 19.9 Å². The predicted molar refractivity (Wildman–Crippen MR) is 115 cm³/mol. The van der Waals surface area contributed by atoms with Crippen molar-refractivity contribution in [1.82, 2.24) is 30.4 Å². The van der Waals surface area contributed by atoms with Crippen molar-refractivity contribution in [3.8, 4) is 11.6 Å². The van der Waals surface area contributed by atoms with E-state index in [-0.39, 0.29) is 30.5 Å². The van der Waals surface area contributed by atoms with Gasteiger partial charge in [0.2, 0.25) is 17.6 Å². The molecular formula is C22H32N6O4. The second kappa shape index (κ2) is 10.2. The fourth-order valence-electron chi connectivity index (χ4n) is 4.50. The van der Waals surface area contributed by atoms with Crippen LogP contribution in [-0.4, -0.2) is 68.3 Å². The Bertz CT molecular complexity index is 913. The van der Waals surface area contributed by atoms with E-state index >= 15 is 0 Å². The normalized spacial score (nSPS) is 19.9. The van der Waals surface area contributed by atoms with Gasteiger partial charge in [-0.05, 0) is 56.4 Å². The van der Waals surface area contributed by atoms with Gasteiger partial charge >= 0.3 is 0 Å². The number of ether oxygens (including phenoxy) is 1. The van der Waals surface area contributed by atoms with Crippen molar-refractivity contribution in [2.75, 3.05) is 13.2 Å². The quantitative estimate of drug-likeness (QED) is 0.630. The maximum absolute atomic E-state index is 13.3. The third-order valence-electron chi connectivity index (χ3n) is 6.20. The number of amides is 2. The van der Waals surface area contributed by atoms with Crippen LogP contribution in [-0.2, 0) is 20.9 Å². The van der Waals surface area contributed by atoms with E-state index in [4.69, 9.17) is 9.15 Å². The van der Waals surface area contributed by atoms with Crippen molar-refractivity contribution in [2.45, 2.75) is 83.5 Å². The first kappa shape index (κ1) is 22.4. The van der Waals surface area contributed by atoms with E-state index in [9.17, 15) is 9.59 Å². The van der Waals surface area contributed by atoms with Crippen LogP contribution in [0, 0.1) is 6.92 Å². The van der Waals surface area contributed by atoms with Gasteiger partial charge in [0.15, 0.2) is 5.76 Å². The molecule has 1 saturated carbocycles. The smallest absolute Gasteiger partial charge is 0.247 e. The summed E-state index contributed by atoms with van der Waals surface area (Å²) in [6.45, 7) is 4.73. The SMILES string of the molecule is CC[C@H](C(=O)NC1CCCC1)N(C[C@H]1CCCO1)C(=O)Cn1nnc(-c2ccc(C)o2)n1. The molecule has 0 radical (unpaired) electrons. The van der Waals surface area contributed by atoms with Crippen molar-refractivity contribution in [3.63, 3.8) is 0 Å². The standard InChI is InChI=1S/C22H32N6O4/c1-3-18(22(30)23-16-7-4-5-8-16)27(13-17-9-6-12-31-17)20(29)14-28-25-21(24-26-28)19-11-10-15(2)32-19/h10-11,16-18H,3-9,12-14H2,1-2H3,(H,23,30)/t17-,18-/m1/s1. The first-order valence-electron chi connectivity index (χ1n) is 11.6. The molecule has 0 bridgehead atoms. The van der Waals surface area contributed by atoms with E-state index in [2.05, 4.69) is 20.7 Å². The zero-order valence-electron chi connectivity index (χ0n) is 18.8. The highest BCUT2D eigenvalue weighted by Gasteiger charge is 2.33. The second-order valence-corrected chi connectivity index (χ2v) is 8.65. The highest BCUT2D eigenvalue weighted by Crippen LogP contribution is 2.21. The Kier molecular flexibility index (Phi) is 7.19. The van der Waals surface area contributed by atoms with E-state index in [1.165, 1.54) is 4.80 Å². The number of aryl methyl sites for hydroxylation is 1. The number of tetrazole rings is 1. The molecule has 1 aliphatic heterocycles. The molecule has 0 unspecified atom stereocenters. The van der Waals surface area contributed by atoms with Crippen LogP contribution in [0.3, 0.4) is 0 Å². The Morgan fingerprint density at radius 1 is 1.25 bits per heavy atom. The van der Waals surface area contributed by atoms with Crippen LogP contribution in [0.15, 0.2) is 16.5 Å². The van der Waals surface area contributed by atoms with Crippen molar-refractivity contribution in [2.24, 2.45) is 0 Å². The fourth-order valence-corrected chi connectivity index (χ4v) is 4.50. The summed E-state index contributed by atoms with van der Waals surface area (Å²) in [5.74, 6) is 1.24. The van der Waals surface area contributed by atoms with Crippen LogP contribution in [0.4, 0.5) is 0 Å². The van der Waals surface area contributed by atoms with Crippen LogP contribution in [0.5, 0.6) is 0 Å². The van der Waals surface area contributed by atoms with Crippen LogP contribution in [0.2, 0.25) is 0 Å². The molecule has 1 N–H and O–H groups in total. The van der Waals surface area contributed by atoms with Crippen molar-refractivity contribution in [1.29, 1.82) is 0 Å². The summed E-state index contributed by atoms with van der Waals surface area (Å²) in [5.41, 5.74) is 0. The number of nitrogens with zero attached hydrogens (tertiary/aromatic N) is 5. The van der Waals surface area contributed by atoms with Gasteiger partial charge < -0.3 is 19.4 Å². The highest BCUT2D eigenvalue weighted by atomic mass is 16.5. The van der Waals surface area contributed by atoms with Crippen molar-refractivity contribution < 1.29 is 18.7 Å². The van der Waals surface area contributed by atoms with Gasteiger partial charge in [0, 0.05) is 19.2 Å². The number of furan rings is 1. The summed E-state index contributed by atoms with van der Waals surface area (Å²) in [4.78, 5) is 29.3. The monoisotopic (exact) mass is 444 g/mol. The average Bonchev–Trinajstić information content (AvgIpc) is 3.56. The van der Waals surface area contributed by atoms with Crippen LogP contribution < -0.4 is 5.32 Å². The number of nitrogens with one attached hydrogen (secondary N) is 1. The van der Waals surface area contributed by atoms with Crippen LogP contribution in [0.1, 0.15) is 57.6 Å². The van der Waals surface area contributed by atoms with Gasteiger partial charge in [-0.2, -0.15) is 4.80 Å². The molecule has 174 valence electrons. The molecule has 2 fully saturated rings. The molecule has 1 saturated heterocycles. The minimum atomic E-state index is -0.553. The number of hydrogen-bond acceptors (Lipinski definition) is 7. The first-order chi connectivity index (χ1) is 15.5. The Balaban J connectivity index is 1.47.